The number of hydrogen-bond donors (Lipinski definition) is 3. The van der Waals surface area contributed by atoms with E-state index in [-0.39, 0.29) is 24.0 Å². The number of para-hydroxylation sites is 1. The van der Waals surface area contributed by atoms with E-state index in [0.29, 0.717) is 11.3 Å². The molecule has 0 radical (unpaired) electrons. The maximum Gasteiger partial charge on any atom is 0.259 e. The third-order valence-corrected chi connectivity index (χ3v) is 2.63. The number of hydrogen-bond acceptors (Lipinski definition) is 4. The molecule has 108 valence electrons. The number of benzene rings is 2. The average Bonchev–Trinajstić information content (AvgIpc) is 2.49. The normalized spacial score (nSPS) is 10.5. The first-order valence-corrected chi connectivity index (χ1v) is 6.24. The molecule has 2 rings (SSSR count). The zero-order valence-electron chi connectivity index (χ0n) is 11.1. The van der Waals surface area contributed by atoms with Crippen LogP contribution >= 0.6 is 0 Å². The fourth-order valence-electron chi connectivity index (χ4n) is 1.56. The Morgan fingerprint density at radius 3 is 2.62 bits per heavy atom. The highest BCUT2D eigenvalue weighted by molar-refractivity contribution is 5.86. The quantitative estimate of drug-likeness (QED) is 0.582. The molecule has 2 aromatic rings. The first-order chi connectivity index (χ1) is 10.1. The first kappa shape index (κ1) is 14.5. The highest BCUT2D eigenvalue weighted by atomic mass is 19.1. The van der Waals surface area contributed by atoms with Crippen molar-refractivity contribution in [3.8, 4) is 5.75 Å². The van der Waals surface area contributed by atoms with Gasteiger partial charge in [-0.05, 0) is 36.4 Å². The lowest BCUT2D eigenvalue weighted by Crippen LogP contribution is -2.25. The Labute approximate surface area is 121 Å². The predicted octanol–water partition coefficient (Wildman–Crippen LogP) is 2.09. The third kappa shape index (κ3) is 4.61. The second kappa shape index (κ2) is 7.04. The van der Waals surface area contributed by atoms with Gasteiger partial charge in [0.2, 0.25) is 0 Å². The molecule has 21 heavy (non-hydrogen) atoms. The lowest BCUT2D eigenvalue weighted by Gasteiger charge is -2.04. The molecule has 5 nitrogen and oxygen atoms in total. The molecular weight excluding hydrogens is 273 g/mol. The Kier molecular flexibility index (Phi) is 4.87. The molecule has 0 atom stereocenters. The van der Waals surface area contributed by atoms with Gasteiger partial charge in [-0.1, -0.05) is 12.1 Å². The second-order valence-corrected chi connectivity index (χ2v) is 4.21. The molecule has 6 heteroatoms. The van der Waals surface area contributed by atoms with Crippen LogP contribution in [0.3, 0.4) is 0 Å². The molecule has 0 aliphatic rings. The van der Waals surface area contributed by atoms with E-state index >= 15 is 0 Å². The fraction of sp³-hybridized carbons (Fsp3) is 0.0667. The number of carbonyl (C=O) groups is 1. The van der Waals surface area contributed by atoms with E-state index < -0.39 is 0 Å². The van der Waals surface area contributed by atoms with E-state index in [1.807, 2.05) is 0 Å². The lowest BCUT2D eigenvalue weighted by molar-refractivity contribution is -0.119. The Hall–Kier alpha value is -2.89. The van der Waals surface area contributed by atoms with Crippen molar-refractivity contribution in [3.05, 3.63) is 59.9 Å². The highest BCUT2D eigenvalue weighted by Crippen LogP contribution is 2.12. The Morgan fingerprint density at radius 1 is 1.19 bits per heavy atom. The third-order valence-electron chi connectivity index (χ3n) is 2.63. The smallest absolute Gasteiger partial charge is 0.259 e. The fourth-order valence-corrected chi connectivity index (χ4v) is 1.56. The van der Waals surface area contributed by atoms with E-state index in [9.17, 15) is 14.3 Å². The number of aromatic hydroxyl groups is 1. The summed E-state index contributed by atoms with van der Waals surface area (Å²) in [5.74, 6) is -0.608. The van der Waals surface area contributed by atoms with Crippen LogP contribution in [0.4, 0.5) is 10.1 Å². The average molecular weight is 287 g/mol. The number of nitrogens with one attached hydrogen (secondary N) is 2. The van der Waals surface area contributed by atoms with Gasteiger partial charge in [0.1, 0.15) is 11.6 Å². The minimum absolute atomic E-state index is 0.00371. The van der Waals surface area contributed by atoms with Crippen molar-refractivity contribution >= 4 is 17.8 Å². The highest BCUT2D eigenvalue weighted by Gasteiger charge is 2.00. The minimum atomic E-state index is -0.356. The van der Waals surface area contributed by atoms with Crippen LogP contribution in [0.15, 0.2) is 53.6 Å². The summed E-state index contributed by atoms with van der Waals surface area (Å²) in [4.78, 5) is 11.5. The number of carbonyl (C=O) groups excluding carboxylic acids is 1. The van der Waals surface area contributed by atoms with E-state index in [1.54, 1.807) is 18.2 Å². The summed E-state index contributed by atoms with van der Waals surface area (Å²) in [7, 11) is 0. The van der Waals surface area contributed by atoms with Gasteiger partial charge < -0.3 is 10.4 Å². The SMILES string of the molecule is O=C(CNc1ccc(F)cc1)N/N=C\c1ccccc1O. The minimum Gasteiger partial charge on any atom is -0.507 e. The molecule has 0 saturated heterocycles. The number of amides is 1. The van der Waals surface area contributed by atoms with Crippen molar-refractivity contribution in [3.63, 3.8) is 0 Å². The zero-order valence-corrected chi connectivity index (χ0v) is 11.1. The second-order valence-electron chi connectivity index (χ2n) is 4.21. The Bertz CT molecular complexity index is 642. The van der Waals surface area contributed by atoms with Gasteiger partial charge in [-0.2, -0.15) is 5.10 Å². The Balaban J connectivity index is 1.80. The first-order valence-electron chi connectivity index (χ1n) is 6.24. The zero-order chi connectivity index (χ0) is 15.1. The van der Waals surface area contributed by atoms with Crippen LogP contribution in [0.2, 0.25) is 0 Å². The van der Waals surface area contributed by atoms with Crippen LogP contribution in [0.25, 0.3) is 0 Å². The number of rotatable bonds is 5. The molecule has 0 aromatic heterocycles. The number of phenolic OH excluding ortho intramolecular Hbond substituents is 1. The molecule has 0 fully saturated rings. The molecular formula is C15H14FN3O2. The van der Waals surface area contributed by atoms with Crippen molar-refractivity contribution in [2.75, 3.05) is 11.9 Å². The summed E-state index contributed by atoms with van der Waals surface area (Å²) in [5, 5.41) is 16.1. The van der Waals surface area contributed by atoms with Gasteiger partial charge in [-0.3, -0.25) is 4.79 Å². The van der Waals surface area contributed by atoms with Crippen LogP contribution in [0.5, 0.6) is 5.75 Å². The standard InChI is InChI=1S/C15H14FN3O2/c16-12-5-7-13(8-6-12)17-10-15(21)19-18-9-11-3-1-2-4-14(11)20/h1-9,17,20H,10H2,(H,19,21)/b18-9-. The predicted molar refractivity (Wildman–Crippen MR) is 78.7 cm³/mol. The molecule has 0 aliphatic heterocycles. The number of nitrogens with zero attached hydrogens (tertiary/aromatic N) is 1. The van der Waals surface area contributed by atoms with Crippen LogP contribution in [-0.2, 0) is 4.79 Å². The van der Waals surface area contributed by atoms with Gasteiger partial charge in [-0.15, -0.1) is 0 Å². The van der Waals surface area contributed by atoms with E-state index in [1.165, 1.54) is 36.5 Å². The summed E-state index contributed by atoms with van der Waals surface area (Å²) in [5.41, 5.74) is 3.46. The largest absolute Gasteiger partial charge is 0.507 e. The summed E-state index contributed by atoms with van der Waals surface area (Å²) >= 11 is 0. The van der Waals surface area contributed by atoms with Crippen molar-refractivity contribution in [1.29, 1.82) is 0 Å². The van der Waals surface area contributed by atoms with Crippen molar-refractivity contribution in [2.24, 2.45) is 5.10 Å². The summed E-state index contributed by atoms with van der Waals surface area (Å²) in [6, 6.07) is 12.3. The maximum atomic E-state index is 12.7. The monoisotopic (exact) mass is 287 g/mol. The van der Waals surface area contributed by atoms with Crippen LogP contribution in [0.1, 0.15) is 5.56 Å². The van der Waals surface area contributed by atoms with Crippen LogP contribution in [0, 0.1) is 5.82 Å². The molecule has 2 aromatic carbocycles. The van der Waals surface area contributed by atoms with Crippen LogP contribution < -0.4 is 10.7 Å². The molecule has 0 saturated carbocycles. The van der Waals surface area contributed by atoms with Gasteiger partial charge in [0.15, 0.2) is 0 Å². The summed E-state index contributed by atoms with van der Waals surface area (Å²) < 4.78 is 12.7. The number of hydrazone groups is 1. The van der Waals surface area contributed by atoms with Crippen molar-refractivity contribution < 1.29 is 14.3 Å². The molecule has 3 N–H and O–H groups in total. The van der Waals surface area contributed by atoms with Gasteiger partial charge in [0, 0.05) is 11.3 Å². The Morgan fingerprint density at radius 2 is 1.90 bits per heavy atom. The maximum absolute atomic E-state index is 12.7. The van der Waals surface area contributed by atoms with Gasteiger partial charge in [0.25, 0.3) is 5.91 Å². The summed E-state index contributed by atoms with van der Waals surface area (Å²) in [6.45, 7) is 0.00371. The van der Waals surface area contributed by atoms with Crippen molar-refractivity contribution in [1.82, 2.24) is 5.43 Å². The van der Waals surface area contributed by atoms with Crippen molar-refractivity contribution in [2.45, 2.75) is 0 Å². The van der Waals surface area contributed by atoms with E-state index in [0.717, 1.165) is 0 Å². The molecule has 0 unspecified atom stereocenters. The van der Waals surface area contributed by atoms with Gasteiger partial charge in [0.05, 0.1) is 12.8 Å². The molecule has 0 aliphatic carbocycles. The van der Waals surface area contributed by atoms with E-state index in [4.69, 9.17) is 0 Å². The van der Waals surface area contributed by atoms with Gasteiger partial charge in [-0.25, -0.2) is 9.82 Å². The molecule has 1 amide bonds. The van der Waals surface area contributed by atoms with Crippen LogP contribution in [-0.4, -0.2) is 23.8 Å². The lowest BCUT2D eigenvalue weighted by atomic mass is 10.2. The molecule has 0 heterocycles. The molecule has 0 spiro atoms. The number of phenols is 1. The summed E-state index contributed by atoms with van der Waals surface area (Å²) in [6.07, 6.45) is 1.35. The number of halogens is 1. The topological polar surface area (TPSA) is 73.7 Å². The van der Waals surface area contributed by atoms with E-state index in [2.05, 4.69) is 15.8 Å². The molecule has 0 bridgehead atoms. The number of anilines is 1. The van der Waals surface area contributed by atoms with Gasteiger partial charge >= 0.3 is 0 Å².